The monoisotopic (exact) mass is 522 g/mol. The summed E-state index contributed by atoms with van der Waals surface area (Å²) in [7, 11) is 0. The van der Waals surface area contributed by atoms with Gasteiger partial charge >= 0.3 is 0 Å². The number of hydrogen-bond acceptors (Lipinski definition) is 6. The predicted octanol–water partition coefficient (Wildman–Crippen LogP) is 6.69. The normalized spacial score (nSPS) is 10.7. The van der Waals surface area contributed by atoms with Crippen molar-refractivity contribution in [2.45, 2.75) is 29.8 Å². The third kappa shape index (κ3) is 6.48. The van der Waals surface area contributed by atoms with Gasteiger partial charge in [-0.2, -0.15) is 0 Å². The van der Waals surface area contributed by atoms with Crippen LogP contribution in [-0.2, 0) is 11.6 Å². The van der Waals surface area contributed by atoms with Crippen LogP contribution in [0.2, 0.25) is 0 Å². The first kappa shape index (κ1) is 24.9. The maximum atomic E-state index is 12.6. The SMILES string of the molecule is Cc1cccc(NC(=O)c2ccc(CSc3nnc(NC(=O)c4ccc(CCl)cc4)s3)cc2)c1C. The van der Waals surface area contributed by atoms with Gasteiger partial charge in [0.05, 0.1) is 0 Å². The summed E-state index contributed by atoms with van der Waals surface area (Å²) in [5.74, 6) is 0.691. The van der Waals surface area contributed by atoms with E-state index in [1.54, 1.807) is 12.1 Å². The average Bonchev–Trinajstić information content (AvgIpc) is 3.33. The van der Waals surface area contributed by atoms with E-state index >= 15 is 0 Å². The average molecular weight is 523 g/mol. The van der Waals surface area contributed by atoms with Crippen molar-refractivity contribution in [1.29, 1.82) is 0 Å². The lowest BCUT2D eigenvalue weighted by molar-refractivity contribution is 0.101. The summed E-state index contributed by atoms with van der Waals surface area (Å²) in [6.45, 7) is 4.02. The van der Waals surface area contributed by atoms with Gasteiger partial charge in [-0.1, -0.05) is 59.5 Å². The number of thioether (sulfide) groups is 1. The minimum absolute atomic E-state index is 0.139. The fourth-order valence-electron chi connectivity index (χ4n) is 3.21. The van der Waals surface area contributed by atoms with Gasteiger partial charge in [0, 0.05) is 28.4 Å². The number of anilines is 2. The molecule has 178 valence electrons. The molecule has 4 aromatic rings. The van der Waals surface area contributed by atoms with Crippen LogP contribution < -0.4 is 10.6 Å². The molecule has 0 atom stereocenters. The van der Waals surface area contributed by atoms with E-state index in [0.29, 0.717) is 27.9 Å². The van der Waals surface area contributed by atoms with E-state index in [1.165, 1.54) is 23.1 Å². The first-order valence-corrected chi connectivity index (χ1v) is 13.2. The third-order valence-electron chi connectivity index (χ3n) is 5.43. The number of carbonyl (C=O) groups is 2. The van der Waals surface area contributed by atoms with Crippen LogP contribution in [0.25, 0.3) is 0 Å². The Bertz CT molecular complexity index is 1340. The molecule has 1 aromatic heterocycles. The van der Waals surface area contributed by atoms with Gasteiger partial charge in [-0.3, -0.25) is 14.9 Å². The second kappa shape index (κ2) is 11.5. The second-order valence-corrected chi connectivity index (χ2v) is 10.3. The van der Waals surface area contributed by atoms with Gasteiger partial charge in [0.2, 0.25) is 5.13 Å². The Hall–Kier alpha value is -3.20. The predicted molar refractivity (Wildman–Crippen MR) is 144 cm³/mol. The van der Waals surface area contributed by atoms with Crippen LogP contribution in [0.4, 0.5) is 10.8 Å². The van der Waals surface area contributed by atoms with Crippen LogP contribution in [0.5, 0.6) is 0 Å². The largest absolute Gasteiger partial charge is 0.322 e. The Balaban J connectivity index is 1.30. The Morgan fingerprint density at radius 1 is 0.857 bits per heavy atom. The van der Waals surface area contributed by atoms with Gasteiger partial charge in [-0.15, -0.1) is 21.8 Å². The van der Waals surface area contributed by atoms with Crippen LogP contribution >= 0.6 is 34.7 Å². The Morgan fingerprint density at radius 2 is 1.49 bits per heavy atom. The van der Waals surface area contributed by atoms with Crippen molar-refractivity contribution < 1.29 is 9.59 Å². The lowest BCUT2D eigenvalue weighted by Crippen LogP contribution is -2.13. The summed E-state index contributed by atoms with van der Waals surface area (Å²) in [5.41, 5.74) is 6.15. The molecule has 3 aromatic carbocycles. The number of aromatic nitrogens is 2. The third-order valence-corrected chi connectivity index (χ3v) is 7.78. The maximum absolute atomic E-state index is 12.6. The molecule has 35 heavy (non-hydrogen) atoms. The summed E-state index contributed by atoms with van der Waals surface area (Å²) in [6, 6.07) is 20.5. The molecule has 0 spiro atoms. The van der Waals surface area contributed by atoms with Crippen LogP contribution in [0.15, 0.2) is 71.1 Å². The Kier molecular flexibility index (Phi) is 8.17. The summed E-state index contributed by atoms with van der Waals surface area (Å²) < 4.78 is 0.745. The van der Waals surface area contributed by atoms with Crippen molar-refractivity contribution in [2.75, 3.05) is 10.6 Å². The molecule has 2 N–H and O–H groups in total. The van der Waals surface area contributed by atoms with Crippen molar-refractivity contribution >= 4 is 57.3 Å². The molecule has 0 saturated carbocycles. The standard InChI is InChI=1S/C26H23ClN4O2S2/c1-16-4-3-5-22(17(16)2)28-23(32)20-12-8-19(9-13-20)15-34-26-31-30-25(35-26)29-24(33)21-10-6-18(14-27)7-11-21/h3-13H,14-15H2,1-2H3,(H,28,32)(H,29,30,33). The van der Waals surface area contributed by atoms with Gasteiger partial charge in [-0.05, 0) is 66.4 Å². The Labute approximate surface area is 217 Å². The molecule has 2 amide bonds. The maximum Gasteiger partial charge on any atom is 0.257 e. The van der Waals surface area contributed by atoms with E-state index in [1.807, 2.05) is 68.4 Å². The van der Waals surface area contributed by atoms with Gasteiger partial charge in [0.25, 0.3) is 11.8 Å². The molecule has 0 fully saturated rings. The molecule has 1 heterocycles. The van der Waals surface area contributed by atoms with Crippen LogP contribution in [0, 0.1) is 13.8 Å². The first-order valence-electron chi connectivity index (χ1n) is 10.8. The first-order chi connectivity index (χ1) is 16.9. The quantitative estimate of drug-likeness (QED) is 0.153. The van der Waals surface area contributed by atoms with Crippen molar-refractivity contribution in [3.8, 4) is 0 Å². The molecule has 4 rings (SSSR count). The van der Waals surface area contributed by atoms with E-state index in [4.69, 9.17) is 11.6 Å². The van der Waals surface area contributed by atoms with Crippen molar-refractivity contribution in [2.24, 2.45) is 0 Å². The Morgan fingerprint density at radius 3 is 2.14 bits per heavy atom. The number of hydrogen-bond donors (Lipinski definition) is 2. The zero-order valence-corrected chi connectivity index (χ0v) is 21.6. The minimum Gasteiger partial charge on any atom is -0.322 e. The number of nitrogens with zero attached hydrogens (tertiary/aromatic N) is 2. The molecule has 0 radical (unpaired) electrons. The molecule has 0 bridgehead atoms. The molecule has 0 unspecified atom stereocenters. The highest BCUT2D eigenvalue weighted by Crippen LogP contribution is 2.29. The van der Waals surface area contributed by atoms with Gasteiger partial charge in [-0.25, -0.2) is 0 Å². The van der Waals surface area contributed by atoms with Gasteiger partial charge in [0.15, 0.2) is 4.34 Å². The molecule has 6 nitrogen and oxygen atoms in total. The lowest BCUT2D eigenvalue weighted by atomic mass is 10.1. The van der Waals surface area contributed by atoms with E-state index < -0.39 is 0 Å². The highest BCUT2D eigenvalue weighted by molar-refractivity contribution is 8.00. The smallest absolute Gasteiger partial charge is 0.257 e. The highest BCUT2D eigenvalue weighted by Gasteiger charge is 2.12. The number of alkyl halides is 1. The number of rotatable bonds is 8. The van der Waals surface area contributed by atoms with Crippen LogP contribution in [-0.4, -0.2) is 22.0 Å². The number of amides is 2. The van der Waals surface area contributed by atoms with E-state index in [2.05, 4.69) is 20.8 Å². The van der Waals surface area contributed by atoms with Gasteiger partial charge < -0.3 is 5.32 Å². The fourth-order valence-corrected chi connectivity index (χ4v) is 5.09. The summed E-state index contributed by atoms with van der Waals surface area (Å²) in [6.07, 6.45) is 0. The lowest BCUT2D eigenvalue weighted by Gasteiger charge is -2.10. The topological polar surface area (TPSA) is 84.0 Å². The molecule has 0 aliphatic carbocycles. The van der Waals surface area contributed by atoms with Gasteiger partial charge in [0.1, 0.15) is 0 Å². The molecule has 0 aliphatic heterocycles. The molecular formula is C26H23ClN4O2S2. The number of benzene rings is 3. The zero-order valence-electron chi connectivity index (χ0n) is 19.2. The second-order valence-electron chi connectivity index (χ2n) is 7.84. The zero-order chi connectivity index (χ0) is 24.8. The molecule has 0 saturated heterocycles. The van der Waals surface area contributed by atoms with Crippen molar-refractivity contribution in [3.05, 3.63) is 100 Å². The molecular weight excluding hydrogens is 500 g/mol. The van der Waals surface area contributed by atoms with Crippen LogP contribution in [0.1, 0.15) is 43.0 Å². The highest BCUT2D eigenvalue weighted by atomic mass is 35.5. The number of nitrogens with one attached hydrogen (secondary N) is 2. The van der Waals surface area contributed by atoms with Crippen LogP contribution in [0.3, 0.4) is 0 Å². The summed E-state index contributed by atoms with van der Waals surface area (Å²) in [5, 5.41) is 14.4. The van der Waals surface area contributed by atoms with Crippen molar-refractivity contribution in [1.82, 2.24) is 10.2 Å². The number of carbonyl (C=O) groups excluding carboxylic acids is 2. The van der Waals surface area contributed by atoms with E-state index in [0.717, 1.165) is 32.3 Å². The van der Waals surface area contributed by atoms with E-state index in [-0.39, 0.29) is 11.8 Å². The van der Waals surface area contributed by atoms with Crippen molar-refractivity contribution in [3.63, 3.8) is 0 Å². The summed E-state index contributed by atoms with van der Waals surface area (Å²) in [4.78, 5) is 25.0. The molecule has 9 heteroatoms. The number of aryl methyl sites for hydroxylation is 1. The fraction of sp³-hybridized carbons (Fsp3) is 0.154. The summed E-state index contributed by atoms with van der Waals surface area (Å²) >= 11 is 8.63. The van der Waals surface area contributed by atoms with E-state index in [9.17, 15) is 9.59 Å². The molecule has 0 aliphatic rings. The number of halogens is 1. The minimum atomic E-state index is -0.242.